The van der Waals surface area contributed by atoms with Gasteiger partial charge in [0.2, 0.25) is 5.91 Å². The van der Waals surface area contributed by atoms with Gasteiger partial charge in [-0.15, -0.1) is 0 Å². The van der Waals surface area contributed by atoms with Crippen LogP contribution in [0.5, 0.6) is 0 Å². The van der Waals surface area contributed by atoms with E-state index in [0.717, 1.165) is 25.7 Å². The summed E-state index contributed by atoms with van der Waals surface area (Å²) >= 11 is 0. The van der Waals surface area contributed by atoms with Crippen molar-refractivity contribution in [1.29, 1.82) is 0 Å². The van der Waals surface area contributed by atoms with Crippen LogP contribution in [-0.4, -0.2) is 24.0 Å². The average molecular weight is 199 g/mol. The zero-order valence-corrected chi connectivity index (χ0v) is 8.71. The SMILES string of the molecule is CC(=O)NC1CCCC(OC(C)=O)C1. The van der Waals surface area contributed by atoms with E-state index < -0.39 is 0 Å². The van der Waals surface area contributed by atoms with Gasteiger partial charge in [0.05, 0.1) is 0 Å². The molecule has 4 nitrogen and oxygen atoms in total. The van der Waals surface area contributed by atoms with Gasteiger partial charge in [-0.2, -0.15) is 0 Å². The molecule has 0 radical (unpaired) electrons. The number of hydrogen-bond donors (Lipinski definition) is 1. The molecule has 0 spiro atoms. The smallest absolute Gasteiger partial charge is 0.302 e. The van der Waals surface area contributed by atoms with Gasteiger partial charge in [0, 0.05) is 26.3 Å². The van der Waals surface area contributed by atoms with Crippen LogP contribution in [-0.2, 0) is 14.3 Å². The summed E-state index contributed by atoms with van der Waals surface area (Å²) in [6, 6.07) is 0.172. The minimum Gasteiger partial charge on any atom is -0.462 e. The van der Waals surface area contributed by atoms with Gasteiger partial charge in [-0.1, -0.05) is 0 Å². The van der Waals surface area contributed by atoms with Crippen molar-refractivity contribution in [3.63, 3.8) is 0 Å². The van der Waals surface area contributed by atoms with Crippen LogP contribution >= 0.6 is 0 Å². The summed E-state index contributed by atoms with van der Waals surface area (Å²) in [7, 11) is 0. The van der Waals surface area contributed by atoms with Gasteiger partial charge in [-0.3, -0.25) is 9.59 Å². The summed E-state index contributed by atoms with van der Waals surface area (Å²) in [5.74, 6) is -0.253. The minimum absolute atomic E-state index is 0.0153. The maximum Gasteiger partial charge on any atom is 0.302 e. The number of ether oxygens (including phenoxy) is 1. The molecule has 14 heavy (non-hydrogen) atoms. The van der Waals surface area contributed by atoms with E-state index in [1.807, 2.05) is 0 Å². The van der Waals surface area contributed by atoms with Crippen LogP contribution < -0.4 is 5.32 Å². The number of carbonyl (C=O) groups excluding carboxylic acids is 2. The predicted molar refractivity (Wildman–Crippen MR) is 51.6 cm³/mol. The lowest BCUT2D eigenvalue weighted by Crippen LogP contribution is -2.39. The molecular weight excluding hydrogens is 182 g/mol. The summed E-state index contributed by atoms with van der Waals surface area (Å²) in [6.45, 7) is 2.93. The lowest BCUT2D eigenvalue weighted by Gasteiger charge is -2.28. The van der Waals surface area contributed by atoms with Gasteiger partial charge >= 0.3 is 5.97 Å². The highest BCUT2D eigenvalue weighted by molar-refractivity contribution is 5.73. The van der Waals surface area contributed by atoms with Crippen LogP contribution in [0.3, 0.4) is 0 Å². The molecule has 1 saturated carbocycles. The Morgan fingerprint density at radius 1 is 1.29 bits per heavy atom. The molecule has 80 valence electrons. The first-order valence-electron chi connectivity index (χ1n) is 5.02. The summed E-state index contributed by atoms with van der Waals surface area (Å²) in [5, 5.41) is 2.85. The van der Waals surface area contributed by atoms with Crippen molar-refractivity contribution in [3.05, 3.63) is 0 Å². The molecule has 1 N–H and O–H groups in total. The first-order valence-corrected chi connectivity index (χ1v) is 5.02. The Kier molecular flexibility index (Phi) is 3.92. The molecule has 0 heterocycles. The van der Waals surface area contributed by atoms with E-state index in [1.165, 1.54) is 13.8 Å². The standard InChI is InChI=1S/C10H17NO3/c1-7(12)11-9-4-3-5-10(6-9)14-8(2)13/h9-10H,3-6H2,1-2H3,(H,11,12). The third-order valence-electron chi connectivity index (χ3n) is 2.37. The molecule has 2 unspecified atom stereocenters. The van der Waals surface area contributed by atoms with Crippen molar-refractivity contribution in [2.45, 2.75) is 51.7 Å². The molecular formula is C10H17NO3. The molecule has 0 aromatic rings. The van der Waals surface area contributed by atoms with Crippen LogP contribution in [0, 0.1) is 0 Å². The number of rotatable bonds is 2. The van der Waals surface area contributed by atoms with Crippen molar-refractivity contribution in [2.24, 2.45) is 0 Å². The normalized spacial score (nSPS) is 26.7. The van der Waals surface area contributed by atoms with Crippen molar-refractivity contribution in [2.75, 3.05) is 0 Å². The number of amides is 1. The average Bonchev–Trinajstić information content (AvgIpc) is 2.01. The summed E-state index contributed by atoms with van der Waals surface area (Å²) < 4.78 is 5.11. The van der Waals surface area contributed by atoms with E-state index in [4.69, 9.17) is 4.74 Å². The molecule has 1 rings (SSSR count). The second-order valence-corrected chi connectivity index (χ2v) is 3.80. The summed E-state index contributed by atoms with van der Waals surface area (Å²) in [5.41, 5.74) is 0. The van der Waals surface area contributed by atoms with E-state index in [9.17, 15) is 9.59 Å². The van der Waals surface area contributed by atoms with E-state index in [2.05, 4.69) is 5.32 Å². The van der Waals surface area contributed by atoms with Crippen molar-refractivity contribution >= 4 is 11.9 Å². The quantitative estimate of drug-likeness (QED) is 0.675. The van der Waals surface area contributed by atoms with E-state index in [-0.39, 0.29) is 24.0 Å². The van der Waals surface area contributed by atoms with Gasteiger partial charge in [-0.25, -0.2) is 0 Å². The minimum atomic E-state index is -0.238. The fourth-order valence-electron chi connectivity index (χ4n) is 1.91. The van der Waals surface area contributed by atoms with Crippen molar-refractivity contribution in [3.8, 4) is 0 Å². The number of hydrogen-bond acceptors (Lipinski definition) is 3. The van der Waals surface area contributed by atoms with E-state index >= 15 is 0 Å². The summed E-state index contributed by atoms with van der Waals surface area (Å²) in [6.07, 6.45) is 3.63. The first-order chi connectivity index (χ1) is 6.58. The fourth-order valence-corrected chi connectivity index (χ4v) is 1.91. The summed E-state index contributed by atoms with van der Waals surface area (Å²) in [4.78, 5) is 21.6. The Morgan fingerprint density at radius 2 is 2.00 bits per heavy atom. The zero-order chi connectivity index (χ0) is 10.6. The Hall–Kier alpha value is -1.06. The highest BCUT2D eigenvalue weighted by atomic mass is 16.5. The lowest BCUT2D eigenvalue weighted by atomic mass is 9.93. The van der Waals surface area contributed by atoms with E-state index in [1.54, 1.807) is 0 Å². The number of nitrogens with one attached hydrogen (secondary N) is 1. The highest BCUT2D eigenvalue weighted by Gasteiger charge is 2.24. The molecule has 2 atom stereocenters. The third-order valence-corrected chi connectivity index (χ3v) is 2.37. The van der Waals surface area contributed by atoms with E-state index in [0.29, 0.717) is 0 Å². The number of carbonyl (C=O) groups is 2. The Labute approximate surface area is 84.0 Å². The van der Waals surface area contributed by atoms with Gasteiger partial charge < -0.3 is 10.1 Å². The maximum absolute atomic E-state index is 10.8. The van der Waals surface area contributed by atoms with Gasteiger partial charge in [0.15, 0.2) is 0 Å². The Bertz CT molecular complexity index is 205. The maximum atomic E-state index is 10.8. The molecule has 1 amide bonds. The van der Waals surface area contributed by atoms with Crippen molar-refractivity contribution < 1.29 is 14.3 Å². The fraction of sp³-hybridized carbons (Fsp3) is 0.800. The third kappa shape index (κ3) is 3.77. The second-order valence-electron chi connectivity index (χ2n) is 3.80. The van der Waals surface area contributed by atoms with Crippen LogP contribution in [0.2, 0.25) is 0 Å². The molecule has 1 aliphatic rings. The van der Waals surface area contributed by atoms with Crippen LogP contribution in [0.1, 0.15) is 39.5 Å². The lowest BCUT2D eigenvalue weighted by molar-refractivity contribution is -0.148. The molecule has 0 saturated heterocycles. The monoisotopic (exact) mass is 199 g/mol. The highest BCUT2D eigenvalue weighted by Crippen LogP contribution is 2.21. The number of esters is 1. The van der Waals surface area contributed by atoms with Crippen LogP contribution in [0.15, 0.2) is 0 Å². The van der Waals surface area contributed by atoms with Crippen molar-refractivity contribution in [1.82, 2.24) is 5.32 Å². The zero-order valence-electron chi connectivity index (χ0n) is 8.71. The molecule has 0 aromatic heterocycles. The Morgan fingerprint density at radius 3 is 2.57 bits per heavy atom. The first kappa shape index (κ1) is 11.0. The molecule has 0 bridgehead atoms. The molecule has 1 aliphatic carbocycles. The van der Waals surface area contributed by atoms with Crippen LogP contribution in [0.4, 0.5) is 0 Å². The Balaban J connectivity index is 2.35. The second kappa shape index (κ2) is 4.98. The van der Waals surface area contributed by atoms with Gasteiger partial charge in [0.1, 0.15) is 6.10 Å². The largest absolute Gasteiger partial charge is 0.462 e. The van der Waals surface area contributed by atoms with Crippen LogP contribution in [0.25, 0.3) is 0 Å². The van der Waals surface area contributed by atoms with Gasteiger partial charge in [0.25, 0.3) is 0 Å². The molecule has 0 aliphatic heterocycles. The predicted octanol–water partition coefficient (Wildman–Crippen LogP) is 0.997. The topological polar surface area (TPSA) is 55.4 Å². The molecule has 4 heteroatoms. The molecule has 0 aromatic carbocycles. The molecule has 1 fully saturated rings. The van der Waals surface area contributed by atoms with Gasteiger partial charge in [-0.05, 0) is 19.3 Å².